The lowest BCUT2D eigenvalue weighted by Gasteiger charge is -2.32. The molecule has 0 unspecified atom stereocenters. The van der Waals surface area contributed by atoms with E-state index < -0.39 is 0 Å². The Balaban J connectivity index is 1.45. The van der Waals surface area contributed by atoms with Crippen LogP contribution >= 0.6 is 23.2 Å². The second-order valence-corrected chi connectivity index (χ2v) is 6.82. The molecule has 0 radical (unpaired) electrons. The van der Waals surface area contributed by atoms with Crippen LogP contribution < -0.4 is 0 Å². The van der Waals surface area contributed by atoms with Gasteiger partial charge in [-0.1, -0.05) is 34.4 Å². The fourth-order valence-corrected chi connectivity index (χ4v) is 2.91. The molecule has 1 aliphatic heterocycles. The molecule has 1 saturated heterocycles. The third kappa shape index (κ3) is 4.71. The third-order valence-corrected chi connectivity index (χ3v) is 4.91. The maximum absolute atomic E-state index is 6.03. The van der Waals surface area contributed by atoms with Gasteiger partial charge in [0, 0.05) is 44.4 Å². The molecule has 130 valence electrons. The number of nitrogens with zero attached hydrogens (tertiary/aromatic N) is 3. The van der Waals surface area contributed by atoms with E-state index in [0.717, 1.165) is 44.0 Å². The zero-order chi connectivity index (χ0) is 16.9. The normalized spacial score (nSPS) is 16.6. The minimum atomic E-state index is 0.419. The topological polar surface area (TPSA) is 41.7 Å². The van der Waals surface area contributed by atoms with Gasteiger partial charge in [-0.15, -0.1) is 0 Å². The van der Waals surface area contributed by atoms with Crippen LogP contribution in [0.2, 0.25) is 10.0 Å². The van der Waals surface area contributed by atoms with Crippen molar-refractivity contribution < 1.29 is 9.26 Å². The first-order chi connectivity index (χ1) is 11.6. The van der Waals surface area contributed by atoms with Crippen LogP contribution in [-0.2, 0) is 11.3 Å². The highest BCUT2D eigenvalue weighted by molar-refractivity contribution is 6.42. The lowest BCUT2D eigenvalue weighted by Crippen LogP contribution is -2.45. The molecule has 1 fully saturated rings. The van der Waals surface area contributed by atoms with Crippen LogP contribution in [-0.4, -0.2) is 61.3 Å². The second-order valence-electron chi connectivity index (χ2n) is 6.00. The summed E-state index contributed by atoms with van der Waals surface area (Å²) in [5.74, 6) is 0.703. The first-order valence-electron chi connectivity index (χ1n) is 8.01. The van der Waals surface area contributed by atoms with Gasteiger partial charge in [0.15, 0.2) is 5.76 Å². The van der Waals surface area contributed by atoms with E-state index in [2.05, 4.69) is 22.0 Å². The summed E-state index contributed by atoms with van der Waals surface area (Å²) in [4.78, 5) is 4.76. The van der Waals surface area contributed by atoms with E-state index in [0.29, 0.717) is 29.0 Å². The Morgan fingerprint density at radius 2 is 1.92 bits per heavy atom. The summed E-state index contributed by atoms with van der Waals surface area (Å²) >= 11 is 12.0. The molecule has 0 saturated carbocycles. The monoisotopic (exact) mass is 369 g/mol. The zero-order valence-electron chi connectivity index (χ0n) is 13.7. The highest BCUT2D eigenvalue weighted by Gasteiger charge is 2.13. The third-order valence-electron chi connectivity index (χ3n) is 4.17. The van der Waals surface area contributed by atoms with E-state index in [9.17, 15) is 0 Å². The molecule has 24 heavy (non-hydrogen) atoms. The Bertz CT molecular complexity index is 670. The quantitative estimate of drug-likeness (QED) is 0.729. The van der Waals surface area contributed by atoms with Crippen molar-refractivity contribution in [2.75, 3.05) is 46.4 Å². The van der Waals surface area contributed by atoms with Gasteiger partial charge < -0.3 is 14.2 Å². The Morgan fingerprint density at radius 1 is 1.12 bits per heavy atom. The summed E-state index contributed by atoms with van der Waals surface area (Å²) in [5.41, 5.74) is 1.60. The van der Waals surface area contributed by atoms with Gasteiger partial charge in [-0.05, 0) is 19.2 Å². The molecule has 3 rings (SSSR count). The number of ether oxygens (including phenoxy) is 1. The zero-order valence-corrected chi connectivity index (χ0v) is 15.2. The molecule has 0 amide bonds. The largest absolute Gasteiger partial charge is 0.372 e. The fourth-order valence-electron chi connectivity index (χ4n) is 2.61. The molecule has 1 aromatic heterocycles. The Hall–Kier alpha value is -1.11. The van der Waals surface area contributed by atoms with Gasteiger partial charge in [-0.3, -0.25) is 4.90 Å². The number of hydrogen-bond acceptors (Lipinski definition) is 5. The predicted molar refractivity (Wildman–Crippen MR) is 95.6 cm³/mol. The van der Waals surface area contributed by atoms with Crippen LogP contribution in [0.4, 0.5) is 0 Å². The summed E-state index contributed by atoms with van der Waals surface area (Å²) in [6.07, 6.45) is 0. The van der Waals surface area contributed by atoms with Gasteiger partial charge in [0.1, 0.15) is 12.3 Å². The highest BCUT2D eigenvalue weighted by atomic mass is 35.5. The van der Waals surface area contributed by atoms with Crippen molar-refractivity contribution in [3.8, 4) is 11.3 Å². The summed E-state index contributed by atoms with van der Waals surface area (Å²) in [6.45, 7) is 6.49. The first-order valence-corrected chi connectivity index (χ1v) is 8.77. The smallest absolute Gasteiger partial charge is 0.163 e. The highest BCUT2D eigenvalue weighted by Crippen LogP contribution is 2.28. The van der Waals surface area contributed by atoms with Gasteiger partial charge in [0.25, 0.3) is 0 Å². The number of halogens is 2. The van der Waals surface area contributed by atoms with Crippen molar-refractivity contribution in [1.82, 2.24) is 15.0 Å². The summed E-state index contributed by atoms with van der Waals surface area (Å²) in [6, 6.07) is 7.26. The van der Waals surface area contributed by atoms with Crippen molar-refractivity contribution in [2.24, 2.45) is 0 Å². The van der Waals surface area contributed by atoms with Crippen molar-refractivity contribution in [2.45, 2.75) is 6.61 Å². The van der Waals surface area contributed by atoms with E-state index >= 15 is 0 Å². The Kier molecular flexibility index (Phi) is 6.14. The standard InChI is InChI=1S/C17H21Cl2N3O2/c1-21-4-6-22(7-5-21)8-9-23-12-14-11-17(20-24-14)13-2-3-15(18)16(19)10-13/h2-3,10-11H,4-9,12H2,1H3. The average molecular weight is 370 g/mol. The molecular formula is C17H21Cl2N3O2. The molecule has 2 heterocycles. The van der Waals surface area contributed by atoms with Crippen LogP contribution in [0.15, 0.2) is 28.8 Å². The Morgan fingerprint density at radius 3 is 2.67 bits per heavy atom. The minimum Gasteiger partial charge on any atom is -0.372 e. The van der Waals surface area contributed by atoms with Gasteiger partial charge in [-0.2, -0.15) is 0 Å². The van der Waals surface area contributed by atoms with Gasteiger partial charge >= 0.3 is 0 Å². The maximum atomic E-state index is 6.03. The van der Waals surface area contributed by atoms with E-state index in [1.165, 1.54) is 0 Å². The van der Waals surface area contributed by atoms with Crippen molar-refractivity contribution in [1.29, 1.82) is 0 Å². The molecule has 7 heteroatoms. The molecule has 0 atom stereocenters. The maximum Gasteiger partial charge on any atom is 0.163 e. The molecule has 1 aliphatic rings. The molecule has 0 bridgehead atoms. The summed E-state index contributed by atoms with van der Waals surface area (Å²) in [7, 11) is 2.16. The molecule has 5 nitrogen and oxygen atoms in total. The number of likely N-dealkylation sites (N-methyl/N-ethyl adjacent to an activating group) is 1. The number of piperazine rings is 1. The molecule has 0 aliphatic carbocycles. The predicted octanol–water partition coefficient (Wildman–Crippen LogP) is 3.41. The lowest BCUT2D eigenvalue weighted by atomic mass is 10.1. The van der Waals surface area contributed by atoms with E-state index in [1.807, 2.05) is 12.1 Å². The number of benzene rings is 1. The number of aromatic nitrogens is 1. The van der Waals surface area contributed by atoms with Crippen molar-refractivity contribution in [3.05, 3.63) is 40.1 Å². The van der Waals surface area contributed by atoms with Crippen LogP contribution in [0.1, 0.15) is 5.76 Å². The van der Waals surface area contributed by atoms with Gasteiger partial charge in [0.05, 0.1) is 16.7 Å². The molecule has 0 spiro atoms. The molecular weight excluding hydrogens is 349 g/mol. The first kappa shape index (κ1) is 17.7. The van der Waals surface area contributed by atoms with E-state index in [-0.39, 0.29) is 0 Å². The van der Waals surface area contributed by atoms with Crippen molar-refractivity contribution in [3.63, 3.8) is 0 Å². The summed E-state index contributed by atoms with van der Waals surface area (Å²) in [5, 5.41) is 5.09. The molecule has 2 aromatic rings. The number of hydrogen-bond donors (Lipinski definition) is 0. The minimum absolute atomic E-state index is 0.419. The van der Waals surface area contributed by atoms with Crippen LogP contribution in [0, 0.1) is 0 Å². The van der Waals surface area contributed by atoms with Gasteiger partial charge in [0.2, 0.25) is 0 Å². The lowest BCUT2D eigenvalue weighted by molar-refractivity contribution is 0.0637. The average Bonchev–Trinajstić information content (AvgIpc) is 3.05. The number of rotatable bonds is 6. The SMILES string of the molecule is CN1CCN(CCOCc2cc(-c3ccc(Cl)c(Cl)c3)no2)CC1. The van der Waals surface area contributed by atoms with E-state index in [1.54, 1.807) is 12.1 Å². The van der Waals surface area contributed by atoms with Crippen molar-refractivity contribution >= 4 is 23.2 Å². The van der Waals surface area contributed by atoms with Crippen LogP contribution in [0.5, 0.6) is 0 Å². The van der Waals surface area contributed by atoms with Crippen LogP contribution in [0.25, 0.3) is 11.3 Å². The fraction of sp³-hybridized carbons (Fsp3) is 0.471. The second kappa shape index (κ2) is 8.32. The Labute approximate surface area is 152 Å². The van der Waals surface area contributed by atoms with Gasteiger partial charge in [-0.25, -0.2) is 0 Å². The summed E-state index contributed by atoms with van der Waals surface area (Å²) < 4.78 is 11.0. The van der Waals surface area contributed by atoms with Crippen LogP contribution in [0.3, 0.4) is 0 Å². The van der Waals surface area contributed by atoms with E-state index in [4.69, 9.17) is 32.5 Å². The molecule has 0 N–H and O–H groups in total. The molecule has 1 aromatic carbocycles.